The molecule has 0 aliphatic heterocycles. The Kier molecular flexibility index (Phi) is 2.56. The number of halogens is 1. The molecule has 2 aromatic rings. The zero-order valence-electron chi connectivity index (χ0n) is 8.12. The number of carbonyl (C=O) groups excluding carboxylic acids is 1. The first-order chi connectivity index (χ1) is 7.22. The van der Waals surface area contributed by atoms with Crippen LogP contribution in [0.25, 0.3) is 11.3 Å². The Morgan fingerprint density at radius 1 is 1.47 bits per heavy atom. The summed E-state index contributed by atoms with van der Waals surface area (Å²) in [5.41, 5.74) is 2.96. The van der Waals surface area contributed by atoms with Gasteiger partial charge in [0.15, 0.2) is 0 Å². The van der Waals surface area contributed by atoms with Crippen molar-refractivity contribution >= 4 is 17.9 Å². The van der Waals surface area contributed by atoms with Crippen LogP contribution in [-0.4, -0.2) is 16.5 Å². The van der Waals surface area contributed by atoms with Crippen LogP contribution in [0.5, 0.6) is 0 Å². The average molecular weight is 221 g/mol. The minimum absolute atomic E-state index is 0.595. The number of hydrogen-bond acceptors (Lipinski definition) is 2. The van der Waals surface area contributed by atoms with Crippen LogP contribution in [0.3, 0.4) is 0 Å². The molecule has 1 aromatic carbocycles. The van der Waals surface area contributed by atoms with Gasteiger partial charge in [0.25, 0.3) is 0 Å². The Labute approximate surface area is 92.1 Å². The smallest absolute Gasteiger partial charge is 0.150 e. The maximum Gasteiger partial charge on any atom is 0.150 e. The average Bonchev–Trinajstić information content (AvgIpc) is 2.60. The van der Waals surface area contributed by atoms with Crippen LogP contribution in [0.1, 0.15) is 16.1 Å². The number of aryl methyl sites for hydroxylation is 1. The van der Waals surface area contributed by atoms with Crippen LogP contribution in [-0.2, 0) is 0 Å². The van der Waals surface area contributed by atoms with Crippen molar-refractivity contribution in [1.82, 2.24) is 10.2 Å². The van der Waals surface area contributed by atoms with Gasteiger partial charge in [-0.3, -0.25) is 9.89 Å². The van der Waals surface area contributed by atoms with Gasteiger partial charge in [-0.2, -0.15) is 5.10 Å². The summed E-state index contributed by atoms with van der Waals surface area (Å²) in [6.45, 7) is 1.85. The van der Waals surface area contributed by atoms with Gasteiger partial charge >= 0.3 is 0 Å². The minimum atomic E-state index is 0.595. The summed E-state index contributed by atoms with van der Waals surface area (Å²) in [5, 5.41) is 7.49. The number of aromatic nitrogens is 2. The van der Waals surface area contributed by atoms with Crippen LogP contribution in [0.15, 0.2) is 24.3 Å². The highest BCUT2D eigenvalue weighted by Gasteiger charge is 2.09. The molecule has 2 rings (SSSR count). The lowest BCUT2D eigenvalue weighted by Gasteiger charge is -1.98. The summed E-state index contributed by atoms with van der Waals surface area (Å²) in [5.74, 6) is 0. The maximum atomic E-state index is 10.6. The molecule has 4 heteroatoms. The minimum Gasteiger partial charge on any atom is -0.298 e. The number of benzene rings is 1. The Hall–Kier alpha value is -1.61. The van der Waals surface area contributed by atoms with E-state index in [1.165, 1.54) is 0 Å². The second kappa shape index (κ2) is 3.87. The molecular weight excluding hydrogens is 212 g/mol. The highest BCUT2D eigenvalue weighted by Crippen LogP contribution is 2.27. The summed E-state index contributed by atoms with van der Waals surface area (Å²) < 4.78 is 0. The topological polar surface area (TPSA) is 45.8 Å². The fraction of sp³-hybridized carbons (Fsp3) is 0.0909. The second-order valence-corrected chi connectivity index (χ2v) is 3.63. The number of H-pyrrole nitrogens is 1. The Bertz CT molecular complexity index is 505. The van der Waals surface area contributed by atoms with Gasteiger partial charge in [0.2, 0.25) is 0 Å². The summed E-state index contributed by atoms with van der Waals surface area (Å²) in [7, 11) is 0. The van der Waals surface area contributed by atoms with Gasteiger partial charge in [0.1, 0.15) is 12.0 Å². The molecule has 0 aliphatic rings. The molecule has 0 unspecified atom stereocenters. The Morgan fingerprint density at radius 3 is 2.87 bits per heavy atom. The van der Waals surface area contributed by atoms with Gasteiger partial charge in [-0.05, 0) is 13.0 Å². The second-order valence-electron chi connectivity index (χ2n) is 3.25. The fourth-order valence-corrected chi connectivity index (χ4v) is 1.56. The van der Waals surface area contributed by atoms with Crippen LogP contribution in [0.2, 0.25) is 5.02 Å². The number of hydrogen-bond donors (Lipinski definition) is 1. The molecule has 1 heterocycles. The van der Waals surface area contributed by atoms with Crippen molar-refractivity contribution in [2.24, 2.45) is 0 Å². The molecule has 0 radical (unpaired) electrons. The first-order valence-corrected chi connectivity index (χ1v) is 4.86. The number of rotatable bonds is 2. The number of aromatic amines is 1. The normalized spacial score (nSPS) is 10.3. The van der Waals surface area contributed by atoms with Gasteiger partial charge in [0.05, 0.1) is 10.7 Å². The third-order valence-electron chi connectivity index (χ3n) is 2.17. The molecule has 76 valence electrons. The molecule has 0 aliphatic carbocycles. The quantitative estimate of drug-likeness (QED) is 0.791. The van der Waals surface area contributed by atoms with Crippen molar-refractivity contribution in [2.45, 2.75) is 6.92 Å². The lowest BCUT2D eigenvalue weighted by atomic mass is 10.1. The molecule has 0 fully saturated rings. The molecule has 0 saturated carbocycles. The largest absolute Gasteiger partial charge is 0.298 e. The third-order valence-corrected chi connectivity index (χ3v) is 2.63. The van der Waals surface area contributed by atoms with Crippen molar-refractivity contribution in [1.29, 1.82) is 0 Å². The lowest BCUT2D eigenvalue weighted by Crippen LogP contribution is -1.83. The van der Waals surface area contributed by atoms with Gasteiger partial charge in [-0.15, -0.1) is 0 Å². The van der Waals surface area contributed by atoms with E-state index < -0.39 is 0 Å². The summed E-state index contributed by atoms with van der Waals surface area (Å²) in [4.78, 5) is 10.6. The van der Waals surface area contributed by atoms with Crippen LogP contribution in [0.4, 0.5) is 0 Å². The first-order valence-electron chi connectivity index (χ1n) is 4.48. The molecule has 0 atom stereocenters. The van der Waals surface area contributed by atoms with Crippen molar-refractivity contribution in [3.63, 3.8) is 0 Å². The fourth-order valence-electron chi connectivity index (χ4n) is 1.37. The Morgan fingerprint density at radius 2 is 2.27 bits per heavy atom. The zero-order valence-corrected chi connectivity index (χ0v) is 8.88. The molecular formula is C11H9ClN2O. The standard InChI is InChI=1S/C11H9ClN2O/c1-7-10(12)11(14-13-7)9-4-2-3-8(5-9)6-15/h2-6H,1H3,(H,13,14). The summed E-state index contributed by atoms with van der Waals surface area (Å²) in [6, 6.07) is 7.17. The van der Waals surface area contributed by atoms with Crippen molar-refractivity contribution in [2.75, 3.05) is 0 Å². The number of aldehydes is 1. The molecule has 3 nitrogen and oxygen atoms in total. The van der Waals surface area contributed by atoms with Gasteiger partial charge in [-0.25, -0.2) is 0 Å². The van der Waals surface area contributed by atoms with Gasteiger partial charge in [-0.1, -0.05) is 29.8 Å². The lowest BCUT2D eigenvalue weighted by molar-refractivity contribution is 0.112. The van der Waals surface area contributed by atoms with Crippen LogP contribution < -0.4 is 0 Å². The van der Waals surface area contributed by atoms with E-state index in [9.17, 15) is 4.79 Å². The molecule has 15 heavy (non-hydrogen) atoms. The van der Waals surface area contributed by atoms with Gasteiger partial charge < -0.3 is 0 Å². The highest BCUT2D eigenvalue weighted by molar-refractivity contribution is 6.33. The van der Waals surface area contributed by atoms with E-state index >= 15 is 0 Å². The predicted molar refractivity (Wildman–Crippen MR) is 59.2 cm³/mol. The zero-order chi connectivity index (χ0) is 10.8. The highest BCUT2D eigenvalue weighted by atomic mass is 35.5. The molecule has 0 spiro atoms. The number of carbonyl (C=O) groups is 1. The Balaban J connectivity index is 2.53. The van der Waals surface area contributed by atoms with Crippen LogP contribution in [0, 0.1) is 6.92 Å². The van der Waals surface area contributed by atoms with Gasteiger partial charge in [0, 0.05) is 11.1 Å². The monoisotopic (exact) mass is 220 g/mol. The third kappa shape index (κ3) is 1.78. The van der Waals surface area contributed by atoms with E-state index in [0.717, 1.165) is 17.5 Å². The maximum absolute atomic E-state index is 10.6. The number of nitrogens with zero attached hydrogens (tertiary/aromatic N) is 1. The van der Waals surface area contributed by atoms with Crippen molar-refractivity contribution < 1.29 is 4.79 Å². The molecule has 1 N–H and O–H groups in total. The van der Waals surface area contributed by atoms with E-state index in [2.05, 4.69) is 10.2 Å². The van der Waals surface area contributed by atoms with E-state index in [-0.39, 0.29) is 0 Å². The predicted octanol–water partition coefficient (Wildman–Crippen LogP) is 2.85. The molecule has 1 aromatic heterocycles. The first kappa shape index (κ1) is 9.93. The van der Waals surface area contributed by atoms with E-state index in [4.69, 9.17) is 11.6 Å². The van der Waals surface area contributed by atoms with Crippen LogP contribution >= 0.6 is 11.6 Å². The molecule has 0 bridgehead atoms. The van der Waals surface area contributed by atoms with E-state index in [1.54, 1.807) is 18.2 Å². The van der Waals surface area contributed by atoms with E-state index in [1.807, 2.05) is 13.0 Å². The summed E-state index contributed by atoms with van der Waals surface area (Å²) in [6.07, 6.45) is 0.802. The van der Waals surface area contributed by atoms with E-state index in [0.29, 0.717) is 16.3 Å². The SMILES string of the molecule is Cc1[nH]nc(-c2cccc(C=O)c2)c1Cl. The van der Waals surface area contributed by atoms with Crippen molar-refractivity contribution in [3.8, 4) is 11.3 Å². The molecule has 0 amide bonds. The van der Waals surface area contributed by atoms with Crippen molar-refractivity contribution in [3.05, 3.63) is 40.5 Å². The number of nitrogens with one attached hydrogen (secondary N) is 1. The molecule has 0 saturated heterocycles. The summed E-state index contributed by atoms with van der Waals surface area (Å²) >= 11 is 6.06.